The zero-order valence-electron chi connectivity index (χ0n) is 16.6. The Kier molecular flexibility index (Phi) is 6.21. The molecule has 2 fully saturated rings. The van der Waals surface area contributed by atoms with Gasteiger partial charge in [0.1, 0.15) is 0 Å². The molecule has 4 rings (SSSR count). The molecule has 2 amide bonds. The van der Waals surface area contributed by atoms with Gasteiger partial charge in [-0.2, -0.15) is 4.31 Å². The van der Waals surface area contributed by atoms with Crippen molar-refractivity contribution >= 4 is 38.9 Å². The lowest BCUT2D eigenvalue weighted by atomic mass is 9.95. The van der Waals surface area contributed by atoms with Gasteiger partial charge in [-0.3, -0.25) is 9.59 Å². The van der Waals surface area contributed by atoms with Crippen molar-refractivity contribution in [2.45, 2.75) is 30.6 Å². The fourth-order valence-electron chi connectivity index (χ4n) is 3.96. The number of carbonyl (C=O) groups excluding carboxylic acids is 2. The summed E-state index contributed by atoms with van der Waals surface area (Å²) in [6.45, 7) is 2.17. The third kappa shape index (κ3) is 4.43. The van der Waals surface area contributed by atoms with E-state index in [-0.39, 0.29) is 22.6 Å². The van der Waals surface area contributed by atoms with Crippen molar-refractivity contribution in [3.63, 3.8) is 0 Å². The smallest absolute Gasteiger partial charge is 0.263 e. The lowest BCUT2D eigenvalue weighted by Gasteiger charge is -2.31. The molecule has 0 bridgehead atoms. The van der Waals surface area contributed by atoms with Crippen LogP contribution in [0.4, 0.5) is 5.69 Å². The number of likely N-dealkylation sites (tertiary alicyclic amines) is 1. The Hall–Kier alpha value is -2.23. The number of piperidine rings is 1. The average Bonchev–Trinajstić information content (AvgIpc) is 3.48. The van der Waals surface area contributed by atoms with E-state index >= 15 is 0 Å². The Morgan fingerprint density at radius 3 is 2.40 bits per heavy atom. The summed E-state index contributed by atoms with van der Waals surface area (Å²) in [5.41, 5.74) is 0.484. The van der Waals surface area contributed by atoms with Crippen molar-refractivity contribution in [2.24, 2.45) is 5.92 Å². The van der Waals surface area contributed by atoms with Crippen molar-refractivity contribution in [1.82, 2.24) is 9.21 Å². The normalized spacial score (nSPS) is 18.5. The quantitative estimate of drug-likeness (QED) is 0.763. The van der Waals surface area contributed by atoms with E-state index in [9.17, 15) is 18.0 Å². The molecule has 2 aliphatic heterocycles. The minimum Gasteiger partial charge on any atom is -0.338 e. The summed E-state index contributed by atoms with van der Waals surface area (Å²) in [5, 5.41) is 4.74. The Balaban J connectivity index is 1.36. The van der Waals surface area contributed by atoms with Crippen LogP contribution in [0.2, 0.25) is 0 Å². The lowest BCUT2D eigenvalue weighted by Crippen LogP contribution is -2.41. The maximum Gasteiger partial charge on any atom is 0.263 e. The second kappa shape index (κ2) is 8.87. The molecule has 3 heterocycles. The summed E-state index contributed by atoms with van der Waals surface area (Å²) >= 11 is 1.42. The molecule has 2 aromatic rings. The van der Waals surface area contributed by atoms with Gasteiger partial charge in [0.05, 0.1) is 9.77 Å². The van der Waals surface area contributed by atoms with Crippen molar-refractivity contribution in [3.05, 3.63) is 46.7 Å². The standard InChI is InChI=1S/C21H25N3O4S2/c25-20(16-8-12-23(13-9-16)21(26)19-7-4-14-29-19)22-17-5-3-6-18(15-17)30(27,28)24-10-1-2-11-24/h3-7,14-16H,1-2,8-13H2,(H,22,25). The van der Waals surface area contributed by atoms with Crippen LogP contribution in [0.3, 0.4) is 0 Å². The molecule has 0 saturated carbocycles. The van der Waals surface area contributed by atoms with Crippen molar-refractivity contribution in [1.29, 1.82) is 0 Å². The zero-order chi connectivity index (χ0) is 21.1. The molecule has 2 aliphatic rings. The summed E-state index contributed by atoms with van der Waals surface area (Å²) in [7, 11) is -3.52. The molecule has 7 nitrogen and oxygen atoms in total. The molecule has 0 atom stereocenters. The first kappa shape index (κ1) is 21.0. The highest BCUT2D eigenvalue weighted by molar-refractivity contribution is 7.89. The molecule has 30 heavy (non-hydrogen) atoms. The first-order valence-corrected chi connectivity index (χ1v) is 12.5. The highest BCUT2D eigenvalue weighted by Gasteiger charge is 2.29. The predicted molar refractivity (Wildman–Crippen MR) is 116 cm³/mol. The van der Waals surface area contributed by atoms with Gasteiger partial charge in [0.15, 0.2) is 0 Å². The van der Waals surface area contributed by atoms with E-state index in [1.54, 1.807) is 23.1 Å². The van der Waals surface area contributed by atoms with E-state index in [0.717, 1.165) is 12.8 Å². The number of hydrogen-bond donors (Lipinski definition) is 1. The number of amides is 2. The molecule has 2 saturated heterocycles. The van der Waals surface area contributed by atoms with Crippen LogP contribution < -0.4 is 5.32 Å². The van der Waals surface area contributed by atoms with Gasteiger partial charge in [0, 0.05) is 37.8 Å². The number of anilines is 1. The SMILES string of the molecule is O=C(Nc1cccc(S(=O)(=O)N2CCCC2)c1)C1CCN(C(=O)c2cccs2)CC1. The van der Waals surface area contributed by atoms with E-state index in [2.05, 4.69) is 5.32 Å². The Labute approximate surface area is 180 Å². The van der Waals surface area contributed by atoms with E-state index in [0.29, 0.717) is 49.6 Å². The largest absolute Gasteiger partial charge is 0.338 e. The molecule has 0 unspecified atom stereocenters. The molecule has 9 heteroatoms. The van der Waals surface area contributed by atoms with E-state index < -0.39 is 10.0 Å². The fourth-order valence-corrected chi connectivity index (χ4v) is 6.21. The van der Waals surface area contributed by atoms with E-state index in [1.807, 2.05) is 17.5 Å². The highest BCUT2D eigenvalue weighted by atomic mass is 32.2. The first-order valence-electron chi connectivity index (χ1n) is 10.2. The number of benzene rings is 1. The highest BCUT2D eigenvalue weighted by Crippen LogP contribution is 2.25. The topological polar surface area (TPSA) is 86.8 Å². The van der Waals surface area contributed by atoms with Crippen molar-refractivity contribution < 1.29 is 18.0 Å². The third-order valence-corrected chi connectivity index (χ3v) is 8.44. The van der Waals surface area contributed by atoms with Gasteiger partial charge in [-0.25, -0.2) is 8.42 Å². The minimum atomic E-state index is -3.52. The van der Waals surface area contributed by atoms with Gasteiger partial charge in [-0.05, 0) is 55.3 Å². The Morgan fingerprint density at radius 1 is 1.00 bits per heavy atom. The van der Waals surface area contributed by atoms with E-state index in [1.165, 1.54) is 21.7 Å². The van der Waals surface area contributed by atoms with Gasteiger partial charge in [-0.1, -0.05) is 12.1 Å². The van der Waals surface area contributed by atoms with Crippen LogP contribution in [0.15, 0.2) is 46.7 Å². The molecule has 0 radical (unpaired) electrons. The van der Waals surface area contributed by atoms with Crippen LogP contribution in [-0.2, 0) is 14.8 Å². The lowest BCUT2D eigenvalue weighted by molar-refractivity contribution is -0.121. The number of carbonyl (C=O) groups is 2. The maximum absolute atomic E-state index is 12.7. The van der Waals surface area contributed by atoms with Crippen molar-refractivity contribution in [2.75, 3.05) is 31.5 Å². The van der Waals surface area contributed by atoms with Crippen LogP contribution in [0, 0.1) is 5.92 Å². The van der Waals surface area contributed by atoms with Crippen LogP contribution in [0.5, 0.6) is 0 Å². The number of rotatable bonds is 5. The van der Waals surface area contributed by atoms with Gasteiger partial charge >= 0.3 is 0 Å². The van der Waals surface area contributed by atoms with Crippen LogP contribution in [0.1, 0.15) is 35.4 Å². The average molecular weight is 448 g/mol. The second-order valence-electron chi connectivity index (χ2n) is 7.67. The molecular weight excluding hydrogens is 422 g/mol. The molecule has 1 N–H and O–H groups in total. The molecule has 1 aromatic heterocycles. The predicted octanol–water partition coefficient (Wildman–Crippen LogP) is 3.02. The first-order chi connectivity index (χ1) is 14.4. The minimum absolute atomic E-state index is 0.0173. The third-order valence-electron chi connectivity index (χ3n) is 5.69. The van der Waals surface area contributed by atoms with Crippen LogP contribution in [-0.4, -0.2) is 55.6 Å². The van der Waals surface area contributed by atoms with Gasteiger partial charge in [0.25, 0.3) is 5.91 Å². The summed E-state index contributed by atoms with van der Waals surface area (Å²) in [4.78, 5) is 27.9. The van der Waals surface area contributed by atoms with Crippen molar-refractivity contribution in [3.8, 4) is 0 Å². The molecule has 160 valence electrons. The van der Waals surface area contributed by atoms with Crippen LogP contribution in [0.25, 0.3) is 0 Å². The number of sulfonamides is 1. The molecule has 1 aromatic carbocycles. The molecule has 0 spiro atoms. The molecular formula is C21H25N3O4S2. The van der Waals surface area contributed by atoms with Gasteiger partial charge < -0.3 is 10.2 Å². The maximum atomic E-state index is 12.7. The summed E-state index contributed by atoms with van der Waals surface area (Å²) in [6, 6.07) is 10.1. The molecule has 0 aliphatic carbocycles. The number of hydrogen-bond acceptors (Lipinski definition) is 5. The Bertz CT molecular complexity index is 1010. The van der Waals surface area contributed by atoms with Gasteiger partial charge in [-0.15, -0.1) is 11.3 Å². The van der Waals surface area contributed by atoms with Crippen LogP contribution >= 0.6 is 11.3 Å². The van der Waals surface area contributed by atoms with E-state index in [4.69, 9.17) is 0 Å². The number of nitrogens with one attached hydrogen (secondary N) is 1. The Morgan fingerprint density at radius 2 is 1.73 bits per heavy atom. The number of nitrogens with zero attached hydrogens (tertiary/aromatic N) is 2. The zero-order valence-corrected chi connectivity index (χ0v) is 18.3. The second-order valence-corrected chi connectivity index (χ2v) is 10.6. The summed E-state index contributed by atoms with van der Waals surface area (Å²) in [5.74, 6) is -0.311. The van der Waals surface area contributed by atoms with Gasteiger partial charge in [0.2, 0.25) is 15.9 Å². The fraction of sp³-hybridized carbons (Fsp3) is 0.429. The monoisotopic (exact) mass is 447 g/mol. The summed E-state index contributed by atoms with van der Waals surface area (Å²) in [6.07, 6.45) is 2.94. The number of thiophene rings is 1. The summed E-state index contributed by atoms with van der Waals surface area (Å²) < 4.78 is 27.0.